The van der Waals surface area contributed by atoms with Gasteiger partial charge in [0.2, 0.25) is 0 Å². The van der Waals surface area contributed by atoms with Crippen LogP contribution in [0.3, 0.4) is 0 Å². The van der Waals surface area contributed by atoms with E-state index in [0.29, 0.717) is 5.75 Å². The molecule has 0 amide bonds. The Labute approximate surface area is 75.4 Å². The van der Waals surface area contributed by atoms with Gasteiger partial charge >= 0.3 is 0 Å². The van der Waals surface area contributed by atoms with Crippen LogP contribution in [0.1, 0.15) is 5.56 Å². The summed E-state index contributed by atoms with van der Waals surface area (Å²) in [6, 6.07) is 1.89. The largest absolute Gasteiger partial charge is 0.472 e. The summed E-state index contributed by atoms with van der Waals surface area (Å²) in [4.78, 5) is 0. The zero-order valence-corrected chi connectivity index (χ0v) is 7.46. The molecule has 0 radical (unpaired) electrons. The van der Waals surface area contributed by atoms with E-state index in [-0.39, 0.29) is 6.61 Å². The van der Waals surface area contributed by atoms with Crippen LogP contribution in [-0.2, 0) is 5.75 Å². The summed E-state index contributed by atoms with van der Waals surface area (Å²) in [5, 5.41) is 17.5. The molecule has 68 valence electrons. The molecule has 3 nitrogen and oxygen atoms in total. The van der Waals surface area contributed by atoms with Crippen molar-refractivity contribution in [1.29, 1.82) is 0 Å². The summed E-state index contributed by atoms with van der Waals surface area (Å²) < 4.78 is 4.87. The average Bonchev–Trinajstić information content (AvgIpc) is 2.57. The van der Waals surface area contributed by atoms with E-state index in [2.05, 4.69) is 0 Å². The minimum atomic E-state index is -0.609. The molecule has 0 aliphatic carbocycles. The summed E-state index contributed by atoms with van der Waals surface area (Å²) >= 11 is 1.57. The standard InChI is InChI=1S/C8H12O3S/c9-3-8(10)6-12-5-7-1-2-11-4-7/h1-2,4,8-10H,3,5-6H2. The Morgan fingerprint density at radius 2 is 2.42 bits per heavy atom. The highest BCUT2D eigenvalue weighted by Gasteiger charge is 2.01. The van der Waals surface area contributed by atoms with Crippen LogP contribution in [0.2, 0.25) is 0 Å². The van der Waals surface area contributed by atoms with Gasteiger partial charge in [-0.15, -0.1) is 0 Å². The van der Waals surface area contributed by atoms with Crippen molar-refractivity contribution in [3.63, 3.8) is 0 Å². The van der Waals surface area contributed by atoms with E-state index in [9.17, 15) is 0 Å². The molecule has 1 aromatic rings. The van der Waals surface area contributed by atoms with Gasteiger partial charge in [0.25, 0.3) is 0 Å². The van der Waals surface area contributed by atoms with Gasteiger partial charge in [-0.1, -0.05) is 0 Å². The van der Waals surface area contributed by atoms with Crippen molar-refractivity contribution in [2.24, 2.45) is 0 Å². The molecule has 0 saturated carbocycles. The van der Waals surface area contributed by atoms with Crippen LogP contribution in [0, 0.1) is 0 Å². The van der Waals surface area contributed by atoms with Crippen molar-refractivity contribution in [3.8, 4) is 0 Å². The molecule has 1 unspecified atom stereocenters. The molecule has 0 aromatic carbocycles. The highest BCUT2D eigenvalue weighted by molar-refractivity contribution is 7.98. The van der Waals surface area contributed by atoms with Crippen LogP contribution in [0.5, 0.6) is 0 Å². The second kappa shape index (κ2) is 5.24. The first-order valence-corrected chi connectivity index (χ1v) is 4.86. The van der Waals surface area contributed by atoms with E-state index in [1.54, 1.807) is 24.3 Å². The summed E-state index contributed by atoms with van der Waals surface area (Å²) in [5.41, 5.74) is 1.10. The molecule has 0 saturated heterocycles. The molecular formula is C8H12O3S. The number of aliphatic hydroxyl groups is 2. The molecule has 1 atom stereocenters. The van der Waals surface area contributed by atoms with Crippen molar-refractivity contribution >= 4 is 11.8 Å². The summed E-state index contributed by atoms with van der Waals surface area (Å²) in [6.07, 6.45) is 2.69. The van der Waals surface area contributed by atoms with E-state index < -0.39 is 6.10 Å². The maximum Gasteiger partial charge on any atom is 0.0942 e. The Bertz CT molecular complexity index is 198. The van der Waals surface area contributed by atoms with Gasteiger partial charge in [0.15, 0.2) is 0 Å². The van der Waals surface area contributed by atoms with Gasteiger partial charge in [0.05, 0.1) is 25.2 Å². The molecule has 12 heavy (non-hydrogen) atoms. The van der Waals surface area contributed by atoms with E-state index in [1.807, 2.05) is 6.07 Å². The highest BCUT2D eigenvalue weighted by atomic mass is 32.2. The first-order valence-electron chi connectivity index (χ1n) is 3.70. The van der Waals surface area contributed by atoms with E-state index in [1.165, 1.54) is 0 Å². The normalized spacial score (nSPS) is 13.2. The molecule has 4 heteroatoms. The summed E-state index contributed by atoms with van der Waals surface area (Å²) in [7, 11) is 0. The fourth-order valence-corrected chi connectivity index (χ4v) is 1.64. The van der Waals surface area contributed by atoms with E-state index in [4.69, 9.17) is 14.6 Å². The predicted octanol–water partition coefficient (Wildman–Crippen LogP) is 0.866. The highest BCUT2D eigenvalue weighted by Crippen LogP contribution is 2.12. The third-order valence-electron chi connectivity index (χ3n) is 1.37. The topological polar surface area (TPSA) is 53.6 Å². The van der Waals surface area contributed by atoms with Crippen LogP contribution in [0.4, 0.5) is 0 Å². The van der Waals surface area contributed by atoms with Crippen molar-refractivity contribution in [3.05, 3.63) is 24.2 Å². The van der Waals surface area contributed by atoms with E-state index >= 15 is 0 Å². The van der Waals surface area contributed by atoms with Crippen LogP contribution in [0.15, 0.2) is 23.0 Å². The molecule has 1 heterocycles. The number of rotatable bonds is 5. The van der Waals surface area contributed by atoms with Gasteiger partial charge in [-0.3, -0.25) is 0 Å². The molecule has 0 aliphatic heterocycles. The smallest absolute Gasteiger partial charge is 0.0942 e. The first-order chi connectivity index (χ1) is 5.83. The fourth-order valence-electron chi connectivity index (χ4n) is 0.740. The Morgan fingerprint density at radius 1 is 1.58 bits per heavy atom. The monoisotopic (exact) mass is 188 g/mol. The van der Waals surface area contributed by atoms with Gasteiger partial charge in [0, 0.05) is 17.1 Å². The average molecular weight is 188 g/mol. The lowest BCUT2D eigenvalue weighted by Crippen LogP contribution is -2.14. The lowest BCUT2D eigenvalue weighted by atomic mass is 10.4. The summed E-state index contributed by atoms with van der Waals surface area (Å²) in [5.74, 6) is 1.37. The predicted molar refractivity (Wildman–Crippen MR) is 48.0 cm³/mol. The fraction of sp³-hybridized carbons (Fsp3) is 0.500. The number of aliphatic hydroxyl groups excluding tert-OH is 2. The Kier molecular flexibility index (Phi) is 4.21. The number of thioether (sulfide) groups is 1. The Balaban J connectivity index is 2.11. The minimum Gasteiger partial charge on any atom is -0.472 e. The Morgan fingerprint density at radius 3 is 3.00 bits per heavy atom. The van der Waals surface area contributed by atoms with Gasteiger partial charge in [0.1, 0.15) is 0 Å². The SMILES string of the molecule is OCC(O)CSCc1ccoc1. The van der Waals surface area contributed by atoms with Crippen LogP contribution < -0.4 is 0 Å². The molecule has 1 rings (SSSR count). The molecular weight excluding hydrogens is 176 g/mol. The molecule has 2 N–H and O–H groups in total. The number of hydrogen-bond donors (Lipinski definition) is 2. The molecule has 0 fully saturated rings. The second-order valence-corrected chi connectivity index (χ2v) is 3.51. The van der Waals surface area contributed by atoms with Gasteiger partial charge in [-0.05, 0) is 6.07 Å². The molecule has 1 aromatic heterocycles. The Hall–Kier alpha value is -0.450. The quantitative estimate of drug-likeness (QED) is 0.719. The molecule has 0 bridgehead atoms. The van der Waals surface area contributed by atoms with Crippen LogP contribution >= 0.6 is 11.8 Å². The van der Waals surface area contributed by atoms with Gasteiger partial charge in [-0.25, -0.2) is 0 Å². The van der Waals surface area contributed by atoms with Crippen molar-refractivity contribution in [2.45, 2.75) is 11.9 Å². The third-order valence-corrected chi connectivity index (χ3v) is 2.53. The molecule has 0 spiro atoms. The number of furan rings is 1. The van der Waals surface area contributed by atoms with Crippen LogP contribution in [0.25, 0.3) is 0 Å². The zero-order valence-electron chi connectivity index (χ0n) is 6.64. The minimum absolute atomic E-state index is 0.168. The first kappa shape index (κ1) is 9.64. The van der Waals surface area contributed by atoms with Crippen LogP contribution in [-0.4, -0.2) is 28.7 Å². The lowest BCUT2D eigenvalue weighted by molar-refractivity contribution is 0.113. The maximum atomic E-state index is 8.99. The van der Waals surface area contributed by atoms with Crippen molar-refractivity contribution < 1.29 is 14.6 Å². The van der Waals surface area contributed by atoms with E-state index in [0.717, 1.165) is 11.3 Å². The maximum absolute atomic E-state index is 8.99. The second-order valence-electron chi connectivity index (χ2n) is 2.48. The van der Waals surface area contributed by atoms with Crippen molar-refractivity contribution in [2.75, 3.05) is 12.4 Å². The summed E-state index contributed by atoms with van der Waals surface area (Å²) in [6.45, 7) is -0.168. The van der Waals surface area contributed by atoms with Gasteiger partial charge in [-0.2, -0.15) is 11.8 Å². The van der Waals surface area contributed by atoms with Crippen molar-refractivity contribution in [1.82, 2.24) is 0 Å². The van der Waals surface area contributed by atoms with Gasteiger partial charge < -0.3 is 14.6 Å². The lowest BCUT2D eigenvalue weighted by Gasteiger charge is -2.04. The molecule has 0 aliphatic rings. The number of hydrogen-bond acceptors (Lipinski definition) is 4. The zero-order chi connectivity index (χ0) is 8.81. The third kappa shape index (κ3) is 3.30.